The predicted octanol–water partition coefficient (Wildman–Crippen LogP) is 1.99. The summed E-state index contributed by atoms with van der Waals surface area (Å²) in [6, 6.07) is 0. The van der Waals surface area contributed by atoms with E-state index in [0.29, 0.717) is 0 Å². The minimum absolute atomic E-state index is 0.924. The van der Waals surface area contributed by atoms with Crippen molar-refractivity contribution in [2.45, 2.75) is 12.8 Å². The van der Waals surface area contributed by atoms with Gasteiger partial charge in [-0.15, -0.1) is 0 Å². The van der Waals surface area contributed by atoms with Crippen molar-refractivity contribution in [3.05, 3.63) is 12.3 Å². The summed E-state index contributed by atoms with van der Waals surface area (Å²) in [6.45, 7) is 6.36. The fraction of sp³-hybridized carbons (Fsp3) is 0.714. The Hall–Kier alpha value is 0.0200. The molecular weight excluding hydrogens is 178 g/mol. The van der Waals surface area contributed by atoms with Crippen LogP contribution in [0.4, 0.5) is 0 Å². The van der Waals surface area contributed by atoms with Crippen LogP contribution in [0.5, 0.6) is 0 Å². The van der Waals surface area contributed by atoms with Gasteiger partial charge >= 0.3 is 0 Å². The van der Waals surface area contributed by atoms with Crippen molar-refractivity contribution in [2.75, 3.05) is 18.4 Å². The molecule has 1 rings (SSSR count). The molecule has 0 amide bonds. The smallest absolute Gasteiger partial charge is 0.0427 e. The van der Waals surface area contributed by atoms with Gasteiger partial charge < -0.3 is 4.90 Å². The Morgan fingerprint density at radius 2 is 2.00 bits per heavy atom. The van der Waals surface area contributed by atoms with Gasteiger partial charge in [-0.3, -0.25) is 0 Å². The van der Waals surface area contributed by atoms with Gasteiger partial charge in [0.1, 0.15) is 0 Å². The fourth-order valence-corrected chi connectivity index (χ4v) is 1.47. The molecule has 0 aliphatic carbocycles. The number of hydrogen-bond donors (Lipinski definition) is 0. The van der Waals surface area contributed by atoms with Crippen LogP contribution in [0.2, 0.25) is 0 Å². The van der Waals surface area contributed by atoms with Crippen LogP contribution in [0.15, 0.2) is 12.3 Å². The summed E-state index contributed by atoms with van der Waals surface area (Å²) in [5.41, 5.74) is 1.23. The highest BCUT2D eigenvalue weighted by atomic mass is 79.9. The van der Waals surface area contributed by atoms with Crippen molar-refractivity contribution in [1.82, 2.24) is 4.90 Å². The molecule has 0 radical (unpaired) electrons. The molecule has 1 aliphatic heterocycles. The SMILES string of the molecule is C=C(CBr)N1CCCC1. The lowest BCUT2D eigenvalue weighted by atomic mass is 10.4. The van der Waals surface area contributed by atoms with E-state index in [-0.39, 0.29) is 0 Å². The zero-order valence-corrected chi connectivity index (χ0v) is 7.15. The van der Waals surface area contributed by atoms with Gasteiger partial charge in [0, 0.05) is 24.1 Å². The first kappa shape index (κ1) is 7.13. The molecule has 9 heavy (non-hydrogen) atoms. The van der Waals surface area contributed by atoms with E-state index in [9.17, 15) is 0 Å². The second-order valence-electron chi connectivity index (χ2n) is 2.39. The topological polar surface area (TPSA) is 3.24 Å². The first-order valence-corrected chi connectivity index (χ1v) is 4.45. The fourth-order valence-electron chi connectivity index (χ4n) is 1.12. The standard InChI is InChI=1S/C7H12BrN/c1-7(6-8)9-4-2-3-5-9/h1-6H2. The van der Waals surface area contributed by atoms with E-state index in [1.54, 1.807) is 0 Å². The van der Waals surface area contributed by atoms with Crippen LogP contribution in [0.25, 0.3) is 0 Å². The van der Waals surface area contributed by atoms with Crippen LogP contribution in [-0.2, 0) is 0 Å². The predicted molar refractivity (Wildman–Crippen MR) is 43.7 cm³/mol. The summed E-state index contributed by atoms with van der Waals surface area (Å²) >= 11 is 3.38. The molecule has 0 aromatic heterocycles. The van der Waals surface area contributed by atoms with Crippen molar-refractivity contribution in [3.8, 4) is 0 Å². The first-order valence-electron chi connectivity index (χ1n) is 3.33. The number of nitrogens with zero attached hydrogens (tertiary/aromatic N) is 1. The molecule has 1 aliphatic rings. The maximum atomic E-state index is 3.93. The Bertz CT molecular complexity index is 105. The van der Waals surface area contributed by atoms with E-state index >= 15 is 0 Å². The molecule has 0 aromatic carbocycles. The van der Waals surface area contributed by atoms with Crippen molar-refractivity contribution in [1.29, 1.82) is 0 Å². The Balaban J connectivity index is 2.32. The number of hydrogen-bond acceptors (Lipinski definition) is 1. The number of likely N-dealkylation sites (tertiary alicyclic amines) is 1. The van der Waals surface area contributed by atoms with Crippen molar-refractivity contribution >= 4 is 15.9 Å². The van der Waals surface area contributed by atoms with Gasteiger partial charge in [-0.2, -0.15) is 0 Å². The van der Waals surface area contributed by atoms with E-state index < -0.39 is 0 Å². The van der Waals surface area contributed by atoms with Gasteiger partial charge in [0.25, 0.3) is 0 Å². The van der Waals surface area contributed by atoms with Gasteiger partial charge in [-0.25, -0.2) is 0 Å². The van der Waals surface area contributed by atoms with Crippen LogP contribution < -0.4 is 0 Å². The number of alkyl halides is 1. The molecule has 1 fully saturated rings. The highest BCUT2D eigenvalue weighted by Gasteiger charge is 2.11. The third-order valence-electron chi connectivity index (χ3n) is 1.71. The summed E-state index contributed by atoms with van der Waals surface area (Å²) in [6.07, 6.45) is 2.68. The molecule has 0 spiro atoms. The summed E-state index contributed by atoms with van der Waals surface area (Å²) in [5, 5.41) is 0.924. The first-order chi connectivity index (χ1) is 4.34. The normalized spacial score (nSPS) is 18.6. The second-order valence-corrected chi connectivity index (χ2v) is 2.95. The van der Waals surface area contributed by atoms with E-state index in [2.05, 4.69) is 27.4 Å². The maximum Gasteiger partial charge on any atom is 0.0427 e. The molecule has 0 aromatic rings. The van der Waals surface area contributed by atoms with E-state index in [1.807, 2.05) is 0 Å². The van der Waals surface area contributed by atoms with Gasteiger partial charge in [0.05, 0.1) is 0 Å². The molecule has 0 atom stereocenters. The quantitative estimate of drug-likeness (QED) is 0.602. The highest BCUT2D eigenvalue weighted by Crippen LogP contribution is 2.13. The van der Waals surface area contributed by atoms with Crippen LogP contribution >= 0.6 is 15.9 Å². The molecule has 1 nitrogen and oxygen atoms in total. The van der Waals surface area contributed by atoms with Gasteiger partial charge in [-0.05, 0) is 12.8 Å². The molecule has 0 bridgehead atoms. The lowest BCUT2D eigenvalue weighted by molar-refractivity contribution is 0.432. The lowest BCUT2D eigenvalue weighted by Crippen LogP contribution is -2.18. The molecular formula is C7H12BrN. The Labute approximate surface area is 64.9 Å². The lowest BCUT2D eigenvalue weighted by Gasteiger charge is -2.17. The molecule has 52 valence electrons. The minimum atomic E-state index is 0.924. The van der Waals surface area contributed by atoms with Crippen molar-refractivity contribution in [2.24, 2.45) is 0 Å². The molecule has 0 saturated carbocycles. The zero-order chi connectivity index (χ0) is 6.69. The van der Waals surface area contributed by atoms with Crippen molar-refractivity contribution in [3.63, 3.8) is 0 Å². The van der Waals surface area contributed by atoms with Gasteiger partial charge in [0.2, 0.25) is 0 Å². The number of halogens is 1. The van der Waals surface area contributed by atoms with Gasteiger partial charge in [0.15, 0.2) is 0 Å². The van der Waals surface area contributed by atoms with E-state index in [0.717, 1.165) is 5.33 Å². The Kier molecular flexibility index (Phi) is 2.58. The second kappa shape index (κ2) is 3.25. The van der Waals surface area contributed by atoms with Gasteiger partial charge in [-0.1, -0.05) is 22.5 Å². The van der Waals surface area contributed by atoms with Crippen LogP contribution in [0.1, 0.15) is 12.8 Å². The average Bonchev–Trinajstić information content (AvgIpc) is 2.37. The summed E-state index contributed by atoms with van der Waals surface area (Å²) in [7, 11) is 0. The maximum absolute atomic E-state index is 3.93. The summed E-state index contributed by atoms with van der Waals surface area (Å²) in [4.78, 5) is 2.34. The molecule has 1 saturated heterocycles. The van der Waals surface area contributed by atoms with E-state index in [1.165, 1.54) is 31.6 Å². The third kappa shape index (κ3) is 1.71. The largest absolute Gasteiger partial charge is 0.375 e. The molecule has 0 unspecified atom stereocenters. The van der Waals surface area contributed by atoms with Crippen molar-refractivity contribution < 1.29 is 0 Å². The minimum Gasteiger partial charge on any atom is -0.375 e. The average molecular weight is 190 g/mol. The van der Waals surface area contributed by atoms with Crippen LogP contribution in [-0.4, -0.2) is 23.3 Å². The summed E-state index contributed by atoms with van der Waals surface area (Å²) in [5.74, 6) is 0. The number of allylic oxidation sites excluding steroid dienone is 1. The number of rotatable bonds is 2. The van der Waals surface area contributed by atoms with Crippen LogP contribution in [0, 0.1) is 0 Å². The third-order valence-corrected chi connectivity index (χ3v) is 2.35. The van der Waals surface area contributed by atoms with E-state index in [4.69, 9.17) is 0 Å². The van der Waals surface area contributed by atoms with Crippen LogP contribution in [0.3, 0.4) is 0 Å². The Morgan fingerprint density at radius 3 is 2.44 bits per heavy atom. The summed E-state index contributed by atoms with van der Waals surface area (Å²) < 4.78 is 0. The molecule has 1 heterocycles. The highest BCUT2D eigenvalue weighted by molar-refractivity contribution is 9.09. The zero-order valence-electron chi connectivity index (χ0n) is 5.57. The molecule has 2 heteroatoms. The Morgan fingerprint density at radius 1 is 1.44 bits per heavy atom. The monoisotopic (exact) mass is 189 g/mol. The molecule has 0 N–H and O–H groups in total.